The smallest absolute Gasteiger partial charge is 0.314 e. The minimum absolute atomic E-state index is 0.100. The monoisotopic (exact) mass is 344 g/mol. The number of halogens is 4. The highest BCUT2D eigenvalue weighted by Crippen LogP contribution is 2.25. The summed E-state index contributed by atoms with van der Waals surface area (Å²) < 4.78 is 26.8. The zero-order valence-electron chi connectivity index (χ0n) is 10.8. The van der Waals surface area contributed by atoms with Crippen LogP contribution in [-0.4, -0.2) is 11.8 Å². The summed E-state index contributed by atoms with van der Waals surface area (Å²) in [4.78, 5) is 23.4. The van der Waals surface area contributed by atoms with Gasteiger partial charge in [-0.25, -0.2) is 8.78 Å². The Kier molecular flexibility index (Phi) is 4.95. The Balaban J connectivity index is 2.13. The molecule has 0 fully saturated rings. The number of rotatable bonds is 2. The van der Waals surface area contributed by atoms with Crippen molar-refractivity contribution in [1.82, 2.24) is 0 Å². The average Bonchev–Trinajstić information content (AvgIpc) is 2.46. The number of para-hydroxylation sites is 1. The molecule has 0 unspecified atom stereocenters. The summed E-state index contributed by atoms with van der Waals surface area (Å²) in [5.74, 6) is -4.39. The molecule has 0 saturated carbocycles. The van der Waals surface area contributed by atoms with E-state index in [2.05, 4.69) is 5.32 Å². The first kappa shape index (κ1) is 16.2. The largest absolute Gasteiger partial charge is 0.316 e. The fourth-order valence-corrected chi connectivity index (χ4v) is 1.90. The lowest BCUT2D eigenvalue weighted by Gasteiger charge is -2.09. The van der Waals surface area contributed by atoms with Gasteiger partial charge in [0.2, 0.25) is 0 Å². The number of hydrogen-bond acceptors (Lipinski definition) is 2. The van der Waals surface area contributed by atoms with Gasteiger partial charge in [0.1, 0.15) is 17.3 Å². The van der Waals surface area contributed by atoms with Gasteiger partial charge in [0.25, 0.3) is 0 Å². The Hall–Kier alpha value is -2.18. The molecular formula is C14H8Cl2F2N2O2. The highest BCUT2D eigenvalue weighted by Gasteiger charge is 2.19. The van der Waals surface area contributed by atoms with E-state index < -0.39 is 29.1 Å². The lowest BCUT2D eigenvalue weighted by atomic mass is 10.3. The van der Waals surface area contributed by atoms with Crippen LogP contribution in [0.3, 0.4) is 0 Å². The number of anilines is 2. The first-order chi connectivity index (χ1) is 10.4. The van der Waals surface area contributed by atoms with Gasteiger partial charge in [-0.1, -0.05) is 29.3 Å². The molecule has 2 rings (SSSR count). The molecule has 22 heavy (non-hydrogen) atoms. The molecule has 0 atom stereocenters. The van der Waals surface area contributed by atoms with Crippen LogP contribution < -0.4 is 10.6 Å². The molecule has 8 heteroatoms. The second kappa shape index (κ2) is 6.72. The third kappa shape index (κ3) is 3.72. The lowest BCUT2D eigenvalue weighted by molar-refractivity contribution is -0.133. The van der Waals surface area contributed by atoms with E-state index in [-0.39, 0.29) is 10.7 Å². The number of carbonyl (C=O) groups is 2. The minimum atomic E-state index is -1.25. The highest BCUT2D eigenvalue weighted by molar-refractivity contribution is 6.45. The Labute approximate surface area is 134 Å². The van der Waals surface area contributed by atoms with Gasteiger partial charge in [-0.3, -0.25) is 9.59 Å². The number of benzene rings is 2. The van der Waals surface area contributed by atoms with Crippen molar-refractivity contribution in [2.75, 3.05) is 10.6 Å². The van der Waals surface area contributed by atoms with Gasteiger partial charge in [-0.05, 0) is 30.3 Å². The van der Waals surface area contributed by atoms with Gasteiger partial charge >= 0.3 is 11.8 Å². The van der Waals surface area contributed by atoms with Gasteiger partial charge in [0.15, 0.2) is 0 Å². The van der Waals surface area contributed by atoms with E-state index in [1.807, 2.05) is 5.32 Å². The Morgan fingerprint density at radius 2 is 1.50 bits per heavy atom. The molecule has 2 N–H and O–H groups in total. The zero-order chi connectivity index (χ0) is 16.3. The van der Waals surface area contributed by atoms with E-state index in [1.165, 1.54) is 18.2 Å². The normalized spacial score (nSPS) is 10.2. The van der Waals surface area contributed by atoms with E-state index in [9.17, 15) is 18.4 Å². The predicted octanol–water partition coefficient (Wildman–Crippen LogP) is 3.85. The number of nitrogens with one attached hydrogen (secondary N) is 2. The van der Waals surface area contributed by atoms with Crippen LogP contribution in [0.2, 0.25) is 10.0 Å². The Morgan fingerprint density at radius 1 is 0.909 bits per heavy atom. The topological polar surface area (TPSA) is 58.2 Å². The molecule has 2 amide bonds. The van der Waals surface area contributed by atoms with Crippen molar-refractivity contribution in [2.24, 2.45) is 0 Å². The van der Waals surface area contributed by atoms with Crippen LogP contribution in [0.25, 0.3) is 0 Å². The van der Waals surface area contributed by atoms with Crippen LogP contribution >= 0.6 is 23.2 Å². The van der Waals surface area contributed by atoms with E-state index >= 15 is 0 Å². The summed E-state index contributed by atoms with van der Waals surface area (Å²) in [5.41, 5.74) is -0.608. The zero-order valence-corrected chi connectivity index (χ0v) is 12.3. The second-order valence-corrected chi connectivity index (χ2v) is 4.97. The molecule has 114 valence electrons. The van der Waals surface area contributed by atoms with Gasteiger partial charge in [-0.15, -0.1) is 0 Å². The number of hydrogen-bond donors (Lipinski definition) is 2. The summed E-state index contributed by atoms with van der Waals surface area (Å²) >= 11 is 11.6. The molecule has 0 spiro atoms. The summed E-state index contributed by atoms with van der Waals surface area (Å²) in [5, 5.41) is 4.50. The van der Waals surface area contributed by atoms with Crippen LogP contribution in [0.15, 0.2) is 36.4 Å². The van der Waals surface area contributed by atoms with Crippen molar-refractivity contribution in [3.05, 3.63) is 58.1 Å². The van der Waals surface area contributed by atoms with Gasteiger partial charge in [0.05, 0.1) is 10.7 Å². The second-order valence-electron chi connectivity index (χ2n) is 4.13. The van der Waals surface area contributed by atoms with Crippen LogP contribution in [0.1, 0.15) is 0 Å². The van der Waals surface area contributed by atoms with Crippen molar-refractivity contribution in [1.29, 1.82) is 0 Å². The van der Waals surface area contributed by atoms with Crippen molar-refractivity contribution >= 4 is 46.4 Å². The molecule has 4 nitrogen and oxygen atoms in total. The molecule has 0 heterocycles. The third-order valence-corrected chi connectivity index (χ3v) is 3.15. The maximum Gasteiger partial charge on any atom is 0.314 e. The van der Waals surface area contributed by atoms with E-state index in [0.717, 1.165) is 18.2 Å². The predicted molar refractivity (Wildman–Crippen MR) is 80.1 cm³/mol. The van der Waals surface area contributed by atoms with Crippen LogP contribution in [0.4, 0.5) is 20.2 Å². The number of carbonyl (C=O) groups excluding carboxylic acids is 2. The van der Waals surface area contributed by atoms with Crippen LogP contribution in [-0.2, 0) is 9.59 Å². The Morgan fingerprint density at radius 3 is 2.14 bits per heavy atom. The summed E-state index contributed by atoms with van der Waals surface area (Å²) in [7, 11) is 0. The molecule has 0 aliphatic carbocycles. The molecule has 0 radical (unpaired) electrons. The quantitative estimate of drug-likeness (QED) is 0.813. The fourth-order valence-electron chi connectivity index (χ4n) is 1.56. The third-order valence-electron chi connectivity index (χ3n) is 2.58. The van der Waals surface area contributed by atoms with Crippen molar-refractivity contribution < 1.29 is 18.4 Å². The molecule has 0 bridgehead atoms. The first-order valence-corrected chi connectivity index (χ1v) is 6.65. The fraction of sp³-hybridized carbons (Fsp3) is 0. The van der Waals surface area contributed by atoms with Crippen molar-refractivity contribution in [2.45, 2.75) is 0 Å². The molecule has 0 aliphatic heterocycles. The highest BCUT2D eigenvalue weighted by atomic mass is 35.5. The van der Waals surface area contributed by atoms with Gasteiger partial charge in [-0.2, -0.15) is 0 Å². The SMILES string of the molecule is O=C(Nc1cc(Cl)ccc1Cl)C(=O)Nc1c(F)cccc1F. The summed E-state index contributed by atoms with van der Waals surface area (Å²) in [6, 6.07) is 7.28. The number of amides is 2. The van der Waals surface area contributed by atoms with Crippen LogP contribution in [0.5, 0.6) is 0 Å². The summed E-state index contributed by atoms with van der Waals surface area (Å²) in [6.45, 7) is 0. The lowest BCUT2D eigenvalue weighted by Crippen LogP contribution is -2.29. The maximum absolute atomic E-state index is 13.4. The molecule has 2 aromatic rings. The molecule has 0 saturated heterocycles. The molecular weight excluding hydrogens is 337 g/mol. The molecule has 0 aromatic heterocycles. The van der Waals surface area contributed by atoms with E-state index in [0.29, 0.717) is 5.02 Å². The minimum Gasteiger partial charge on any atom is -0.316 e. The van der Waals surface area contributed by atoms with Crippen LogP contribution in [0, 0.1) is 11.6 Å². The maximum atomic E-state index is 13.4. The first-order valence-electron chi connectivity index (χ1n) is 5.90. The van der Waals surface area contributed by atoms with E-state index in [1.54, 1.807) is 0 Å². The summed E-state index contributed by atoms with van der Waals surface area (Å²) in [6.07, 6.45) is 0. The standard InChI is InChI=1S/C14H8Cl2F2N2O2/c15-7-4-5-8(16)11(6-7)19-13(21)14(22)20-12-9(17)2-1-3-10(12)18/h1-6H,(H,19,21)(H,20,22). The molecule has 0 aliphatic rings. The average molecular weight is 345 g/mol. The molecule has 2 aromatic carbocycles. The van der Waals surface area contributed by atoms with Crippen molar-refractivity contribution in [3.63, 3.8) is 0 Å². The van der Waals surface area contributed by atoms with Gasteiger partial charge in [0, 0.05) is 5.02 Å². The van der Waals surface area contributed by atoms with Crippen molar-refractivity contribution in [3.8, 4) is 0 Å². The van der Waals surface area contributed by atoms with E-state index in [4.69, 9.17) is 23.2 Å². The Bertz CT molecular complexity index is 733. The van der Waals surface area contributed by atoms with Gasteiger partial charge < -0.3 is 10.6 Å².